The fourth-order valence-electron chi connectivity index (χ4n) is 2.15. The quantitative estimate of drug-likeness (QED) is 0.784. The van der Waals surface area contributed by atoms with Crippen LogP contribution in [0.15, 0.2) is 18.2 Å². The van der Waals surface area contributed by atoms with Gasteiger partial charge in [-0.3, -0.25) is 4.79 Å². The molecule has 2 N–H and O–H groups in total. The Morgan fingerprint density at radius 2 is 2.20 bits per heavy atom. The summed E-state index contributed by atoms with van der Waals surface area (Å²) in [6.45, 7) is 0.661. The molecule has 1 heterocycles. The van der Waals surface area contributed by atoms with Crippen molar-refractivity contribution in [2.24, 2.45) is 5.73 Å². The van der Waals surface area contributed by atoms with Gasteiger partial charge in [0, 0.05) is 19.2 Å². The summed E-state index contributed by atoms with van der Waals surface area (Å²) in [7, 11) is 1.84. The van der Waals surface area contributed by atoms with E-state index in [1.807, 2.05) is 19.2 Å². The van der Waals surface area contributed by atoms with Crippen LogP contribution >= 0.6 is 0 Å². The van der Waals surface area contributed by atoms with Gasteiger partial charge in [0.2, 0.25) is 5.91 Å². The van der Waals surface area contributed by atoms with Crippen LogP contribution in [0.5, 0.6) is 0 Å². The largest absolute Gasteiger partial charge is 0.330 e. The standard InChI is InChI=1S/C12H16N2O/c1-14-11-4-2-3-9(7-8-13)10(11)5-6-12(14)15/h2-4H,5-8,13H2,1H3. The van der Waals surface area contributed by atoms with Crippen molar-refractivity contribution in [3.63, 3.8) is 0 Å². The number of hydrogen-bond acceptors (Lipinski definition) is 2. The number of amides is 1. The molecule has 0 unspecified atom stereocenters. The third-order valence-corrected chi connectivity index (χ3v) is 2.99. The average molecular weight is 204 g/mol. The molecule has 0 radical (unpaired) electrons. The van der Waals surface area contributed by atoms with Crippen LogP contribution in [-0.2, 0) is 17.6 Å². The van der Waals surface area contributed by atoms with Crippen molar-refractivity contribution >= 4 is 11.6 Å². The summed E-state index contributed by atoms with van der Waals surface area (Å²) in [6.07, 6.45) is 2.37. The minimum Gasteiger partial charge on any atom is -0.330 e. The number of carbonyl (C=O) groups excluding carboxylic acids is 1. The van der Waals surface area contributed by atoms with Gasteiger partial charge in [-0.25, -0.2) is 0 Å². The Kier molecular flexibility index (Phi) is 2.73. The second-order valence-electron chi connectivity index (χ2n) is 3.91. The molecule has 3 nitrogen and oxygen atoms in total. The topological polar surface area (TPSA) is 46.3 Å². The smallest absolute Gasteiger partial charge is 0.227 e. The van der Waals surface area contributed by atoms with E-state index in [-0.39, 0.29) is 5.91 Å². The van der Waals surface area contributed by atoms with E-state index >= 15 is 0 Å². The highest BCUT2D eigenvalue weighted by molar-refractivity contribution is 5.96. The van der Waals surface area contributed by atoms with E-state index in [2.05, 4.69) is 6.07 Å². The van der Waals surface area contributed by atoms with Crippen LogP contribution in [-0.4, -0.2) is 19.5 Å². The monoisotopic (exact) mass is 204 g/mol. The predicted molar refractivity (Wildman–Crippen MR) is 60.9 cm³/mol. The molecule has 3 heteroatoms. The van der Waals surface area contributed by atoms with Crippen molar-refractivity contribution in [2.45, 2.75) is 19.3 Å². The highest BCUT2D eigenvalue weighted by atomic mass is 16.2. The molecule has 1 aromatic rings. The number of carbonyl (C=O) groups is 1. The summed E-state index contributed by atoms with van der Waals surface area (Å²) >= 11 is 0. The molecule has 80 valence electrons. The van der Waals surface area contributed by atoms with Gasteiger partial charge in [0.05, 0.1) is 0 Å². The minimum absolute atomic E-state index is 0.201. The van der Waals surface area contributed by atoms with Gasteiger partial charge in [-0.2, -0.15) is 0 Å². The molecule has 0 spiro atoms. The lowest BCUT2D eigenvalue weighted by Crippen LogP contribution is -2.31. The number of anilines is 1. The maximum atomic E-state index is 11.5. The Morgan fingerprint density at radius 1 is 1.40 bits per heavy atom. The van der Waals surface area contributed by atoms with Gasteiger partial charge in [0.25, 0.3) is 0 Å². The van der Waals surface area contributed by atoms with Gasteiger partial charge < -0.3 is 10.6 Å². The number of rotatable bonds is 2. The SMILES string of the molecule is CN1C(=O)CCc2c(CCN)cccc21. The molecular weight excluding hydrogens is 188 g/mol. The lowest BCUT2D eigenvalue weighted by Gasteiger charge is -2.27. The summed E-state index contributed by atoms with van der Waals surface area (Å²) in [6, 6.07) is 6.11. The Balaban J connectivity index is 2.43. The first-order valence-corrected chi connectivity index (χ1v) is 5.31. The van der Waals surface area contributed by atoms with Crippen LogP contribution in [0.2, 0.25) is 0 Å². The van der Waals surface area contributed by atoms with Crippen LogP contribution in [0.4, 0.5) is 5.69 Å². The van der Waals surface area contributed by atoms with Crippen molar-refractivity contribution in [3.8, 4) is 0 Å². The van der Waals surface area contributed by atoms with Crippen molar-refractivity contribution in [3.05, 3.63) is 29.3 Å². The second-order valence-corrected chi connectivity index (χ2v) is 3.91. The zero-order chi connectivity index (χ0) is 10.8. The summed E-state index contributed by atoms with van der Waals surface area (Å²) < 4.78 is 0. The highest BCUT2D eigenvalue weighted by Crippen LogP contribution is 2.29. The number of nitrogens with zero attached hydrogens (tertiary/aromatic N) is 1. The average Bonchev–Trinajstić information content (AvgIpc) is 2.25. The zero-order valence-corrected chi connectivity index (χ0v) is 8.99. The molecule has 1 aliphatic heterocycles. The number of nitrogens with two attached hydrogens (primary N) is 1. The van der Waals surface area contributed by atoms with Gasteiger partial charge in [0.15, 0.2) is 0 Å². The van der Waals surface area contributed by atoms with Crippen LogP contribution in [0.3, 0.4) is 0 Å². The molecule has 0 aromatic heterocycles. The highest BCUT2D eigenvalue weighted by Gasteiger charge is 2.22. The summed E-state index contributed by atoms with van der Waals surface area (Å²) in [5.74, 6) is 0.201. The maximum Gasteiger partial charge on any atom is 0.227 e. The fraction of sp³-hybridized carbons (Fsp3) is 0.417. The minimum atomic E-state index is 0.201. The Bertz CT molecular complexity index is 387. The zero-order valence-electron chi connectivity index (χ0n) is 8.99. The molecule has 2 rings (SSSR count). The Labute approximate surface area is 89.9 Å². The molecule has 1 amide bonds. The van der Waals surface area contributed by atoms with Gasteiger partial charge in [0.1, 0.15) is 0 Å². The van der Waals surface area contributed by atoms with Crippen molar-refractivity contribution in [2.75, 3.05) is 18.5 Å². The van der Waals surface area contributed by atoms with E-state index in [0.29, 0.717) is 13.0 Å². The molecule has 1 aromatic carbocycles. The Hall–Kier alpha value is -1.35. The van der Waals surface area contributed by atoms with E-state index in [1.165, 1.54) is 11.1 Å². The normalized spacial score (nSPS) is 15.3. The molecule has 0 saturated heterocycles. The maximum absolute atomic E-state index is 11.5. The van der Waals surface area contributed by atoms with Gasteiger partial charge >= 0.3 is 0 Å². The second kappa shape index (κ2) is 4.03. The number of fused-ring (bicyclic) bond motifs is 1. The molecule has 0 saturated carbocycles. The Morgan fingerprint density at radius 3 is 2.93 bits per heavy atom. The van der Waals surface area contributed by atoms with E-state index in [0.717, 1.165) is 18.5 Å². The van der Waals surface area contributed by atoms with Crippen LogP contribution in [0.25, 0.3) is 0 Å². The first-order chi connectivity index (χ1) is 7.24. The molecule has 0 fully saturated rings. The van der Waals surface area contributed by atoms with Crippen LogP contribution < -0.4 is 10.6 Å². The van der Waals surface area contributed by atoms with Gasteiger partial charge in [-0.15, -0.1) is 0 Å². The lowest BCUT2D eigenvalue weighted by atomic mass is 9.94. The van der Waals surface area contributed by atoms with Gasteiger partial charge in [-0.1, -0.05) is 12.1 Å². The van der Waals surface area contributed by atoms with Crippen molar-refractivity contribution < 1.29 is 4.79 Å². The molecule has 1 aliphatic rings. The van der Waals surface area contributed by atoms with E-state index in [4.69, 9.17) is 5.73 Å². The lowest BCUT2D eigenvalue weighted by molar-refractivity contribution is -0.118. The van der Waals surface area contributed by atoms with Crippen LogP contribution in [0, 0.1) is 0 Å². The third kappa shape index (κ3) is 1.75. The number of benzene rings is 1. The van der Waals surface area contributed by atoms with E-state index < -0.39 is 0 Å². The molecular formula is C12H16N2O. The van der Waals surface area contributed by atoms with Crippen LogP contribution in [0.1, 0.15) is 17.5 Å². The first-order valence-electron chi connectivity index (χ1n) is 5.31. The predicted octanol–water partition coefficient (Wildman–Crippen LogP) is 1.10. The first kappa shape index (κ1) is 10.2. The fourth-order valence-corrected chi connectivity index (χ4v) is 2.15. The van der Waals surface area contributed by atoms with E-state index in [1.54, 1.807) is 4.90 Å². The van der Waals surface area contributed by atoms with Crippen molar-refractivity contribution in [1.29, 1.82) is 0 Å². The summed E-state index contributed by atoms with van der Waals surface area (Å²) in [5.41, 5.74) is 9.21. The molecule has 0 bridgehead atoms. The molecule has 0 aliphatic carbocycles. The molecule has 15 heavy (non-hydrogen) atoms. The van der Waals surface area contributed by atoms with Crippen molar-refractivity contribution in [1.82, 2.24) is 0 Å². The summed E-state index contributed by atoms with van der Waals surface area (Å²) in [5, 5.41) is 0. The van der Waals surface area contributed by atoms with Gasteiger partial charge in [-0.05, 0) is 36.6 Å². The third-order valence-electron chi connectivity index (χ3n) is 2.99. The van der Waals surface area contributed by atoms with E-state index in [9.17, 15) is 4.79 Å². The molecule has 0 atom stereocenters. The number of hydrogen-bond donors (Lipinski definition) is 1. The summed E-state index contributed by atoms with van der Waals surface area (Å²) in [4.78, 5) is 13.3.